The molecule has 1 N–H and O–H groups in total. The van der Waals surface area contributed by atoms with E-state index in [1.54, 1.807) is 37.0 Å². The number of nitrogens with one attached hydrogen (secondary N) is 1. The fraction of sp³-hybridized carbons (Fsp3) is 0.286. The number of hydrogen-bond donors (Lipinski definition) is 1. The van der Waals surface area contributed by atoms with Gasteiger partial charge in [-0.3, -0.25) is 9.52 Å². The van der Waals surface area contributed by atoms with Crippen LogP contribution in [-0.2, 0) is 17.5 Å². The Bertz CT molecular complexity index is 1110. The second kappa shape index (κ2) is 11.6. The van der Waals surface area contributed by atoms with Gasteiger partial charge in [0.2, 0.25) is 0 Å². The molecule has 1 amide bonds. The number of nitriles is 1. The molecule has 0 saturated heterocycles. The van der Waals surface area contributed by atoms with E-state index in [4.69, 9.17) is 5.26 Å². The van der Waals surface area contributed by atoms with Crippen molar-refractivity contribution >= 4 is 33.4 Å². The van der Waals surface area contributed by atoms with Crippen LogP contribution in [0.25, 0.3) is 0 Å². The summed E-state index contributed by atoms with van der Waals surface area (Å²) in [5, 5.41) is 9.43. The molecule has 0 spiro atoms. The van der Waals surface area contributed by atoms with Gasteiger partial charge in [0.15, 0.2) is 5.13 Å². The highest BCUT2D eigenvalue weighted by Gasteiger charge is 2.21. The highest BCUT2D eigenvalue weighted by Crippen LogP contribution is 2.28. The van der Waals surface area contributed by atoms with Crippen LogP contribution in [0, 0.1) is 24.1 Å². The van der Waals surface area contributed by atoms with Crippen molar-refractivity contribution in [2.45, 2.75) is 26.8 Å². The second-order valence-electron chi connectivity index (χ2n) is 6.58. The molecule has 11 heteroatoms. The van der Waals surface area contributed by atoms with Gasteiger partial charge < -0.3 is 4.90 Å². The largest absolute Gasteiger partial charge is 0.340 e. The average Bonchev–Trinajstić information content (AvgIpc) is 3.12. The van der Waals surface area contributed by atoms with Gasteiger partial charge in [-0.2, -0.15) is 5.26 Å². The first kappa shape index (κ1) is 25.3. The molecule has 1 aromatic carbocycles. The van der Waals surface area contributed by atoms with Gasteiger partial charge in [0, 0.05) is 40.9 Å². The van der Waals surface area contributed by atoms with Gasteiger partial charge in [0.1, 0.15) is 22.5 Å². The molecule has 0 saturated carbocycles. The van der Waals surface area contributed by atoms with Crippen LogP contribution in [0.3, 0.4) is 0 Å². The molecule has 0 aliphatic rings. The zero-order chi connectivity index (χ0) is 23.8. The zero-order valence-corrected chi connectivity index (χ0v) is 19.2. The third-order valence-electron chi connectivity index (χ3n) is 4.26. The molecule has 1 unspecified atom stereocenters. The summed E-state index contributed by atoms with van der Waals surface area (Å²) in [7, 11) is -1.57. The maximum absolute atomic E-state index is 14.5. The Labute approximate surface area is 190 Å². The normalized spacial score (nSPS) is 12.8. The molecule has 170 valence electrons. The fourth-order valence-corrected chi connectivity index (χ4v) is 3.93. The molecular formula is C21H21F3N4O2S2. The standard InChI is InChI=1S/C21H21F3N4O2S2/c1-4-14(11-25)6-5-9-28(12-16-8-7-15(19(23)24)10-17(16)22)21-26-18(13(2)31-21)20(29)27-32(3)30/h4-8,10,19H,9,12H2,1-3H3,(H,27,29)/b6-5-,14-4+. The first-order valence-corrected chi connectivity index (χ1v) is 11.7. The Hall–Kier alpha value is -2.97. The SMILES string of the molecule is C/C=C(C#N)\C=C/CN(Cc1ccc(C(F)F)cc1F)c1nc(C(=O)NS(C)=O)c(C)s1. The molecule has 2 rings (SSSR count). The summed E-state index contributed by atoms with van der Waals surface area (Å²) in [6.07, 6.45) is 3.44. The monoisotopic (exact) mass is 482 g/mol. The third-order valence-corrected chi connectivity index (χ3v) is 5.77. The lowest BCUT2D eigenvalue weighted by Crippen LogP contribution is -2.26. The lowest BCUT2D eigenvalue weighted by molar-refractivity contribution is 0.0978. The van der Waals surface area contributed by atoms with E-state index >= 15 is 0 Å². The van der Waals surface area contributed by atoms with Crippen molar-refractivity contribution in [3.05, 3.63) is 69.5 Å². The quantitative estimate of drug-likeness (QED) is 0.418. The van der Waals surface area contributed by atoms with E-state index in [1.165, 1.54) is 23.7 Å². The Kier molecular flexibility index (Phi) is 9.16. The van der Waals surface area contributed by atoms with E-state index in [1.807, 2.05) is 6.07 Å². The molecule has 6 nitrogen and oxygen atoms in total. The number of hydrogen-bond acceptors (Lipinski definition) is 6. The first-order valence-electron chi connectivity index (χ1n) is 9.32. The summed E-state index contributed by atoms with van der Waals surface area (Å²) in [5.74, 6) is -1.38. The van der Waals surface area contributed by atoms with Gasteiger partial charge >= 0.3 is 0 Å². The zero-order valence-electron chi connectivity index (χ0n) is 17.6. The molecule has 0 aliphatic heterocycles. The van der Waals surface area contributed by atoms with E-state index in [-0.39, 0.29) is 24.3 Å². The highest BCUT2D eigenvalue weighted by molar-refractivity contribution is 7.82. The summed E-state index contributed by atoms with van der Waals surface area (Å²) < 4.78 is 53.7. The van der Waals surface area contributed by atoms with Crippen molar-refractivity contribution in [2.24, 2.45) is 0 Å². The first-order chi connectivity index (χ1) is 15.2. The van der Waals surface area contributed by atoms with Gasteiger partial charge in [0.05, 0.1) is 6.07 Å². The lowest BCUT2D eigenvalue weighted by Gasteiger charge is -2.21. The number of aryl methyl sites for hydroxylation is 1. The minimum absolute atomic E-state index is 0.00879. The Morgan fingerprint density at radius 2 is 2.16 bits per heavy atom. The van der Waals surface area contributed by atoms with Crippen molar-refractivity contribution in [1.29, 1.82) is 5.26 Å². The number of rotatable bonds is 9. The molecule has 32 heavy (non-hydrogen) atoms. The van der Waals surface area contributed by atoms with E-state index in [0.29, 0.717) is 15.6 Å². The van der Waals surface area contributed by atoms with E-state index in [0.717, 1.165) is 12.1 Å². The summed E-state index contributed by atoms with van der Waals surface area (Å²) in [6.45, 7) is 3.59. The molecule has 1 heterocycles. The third kappa shape index (κ3) is 6.77. The molecule has 2 aromatic rings. The van der Waals surface area contributed by atoms with E-state index in [2.05, 4.69) is 9.71 Å². The number of aromatic nitrogens is 1. The van der Waals surface area contributed by atoms with Crippen LogP contribution in [0.2, 0.25) is 0 Å². The Morgan fingerprint density at radius 3 is 2.72 bits per heavy atom. The molecule has 0 bridgehead atoms. The summed E-state index contributed by atoms with van der Waals surface area (Å²) in [6, 6.07) is 5.26. The van der Waals surface area contributed by atoms with Crippen molar-refractivity contribution in [1.82, 2.24) is 9.71 Å². The highest BCUT2D eigenvalue weighted by atomic mass is 32.2. The van der Waals surface area contributed by atoms with Crippen molar-refractivity contribution < 1.29 is 22.2 Å². The number of nitrogens with zero attached hydrogens (tertiary/aromatic N) is 3. The fourth-order valence-electron chi connectivity index (χ4n) is 2.66. The minimum atomic E-state index is -2.78. The number of alkyl halides is 2. The predicted octanol–water partition coefficient (Wildman–Crippen LogP) is 4.58. The number of thiazole rings is 1. The lowest BCUT2D eigenvalue weighted by atomic mass is 10.1. The van der Waals surface area contributed by atoms with Crippen molar-refractivity contribution in [3.63, 3.8) is 0 Å². The second-order valence-corrected chi connectivity index (χ2v) is 8.87. The van der Waals surface area contributed by atoms with Crippen LogP contribution in [0.15, 0.2) is 42.0 Å². The molecule has 1 atom stereocenters. The smallest absolute Gasteiger partial charge is 0.282 e. The topological polar surface area (TPSA) is 86.1 Å². The van der Waals surface area contributed by atoms with Crippen molar-refractivity contribution in [2.75, 3.05) is 17.7 Å². The van der Waals surface area contributed by atoms with Crippen molar-refractivity contribution in [3.8, 4) is 6.07 Å². The van der Waals surface area contributed by atoms with Crippen LogP contribution < -0.4 is 9.62 Å². The number of carbonyl (C=O) groups excluding carboxylic acids is 1. The van der Waals surface area contributed by atoms with Gasteiger partial charge in [-0.15, -0.1) is 11.3 Å². The number of benzene rings is 1. The van der Waals surface area contributed by atoms with Crippen LogP contribution in [0.4, 0.5) is 18.3 Å². The average molecular weight is 483 g/mol. The molecule has 0 aliphatic carbocycles. The number of allylic oxidation sites excluding steroid dienone is 3. The number of amides is 1. The summed E-state index contributed by atoms with van der Waals surface area (Å²) in [4.78, 5) is 18.8. The molecular weight excluding hydrogens is 461 g/mol. The van der Waals surface area contributed by atoms with Gasteiger partial charge in [-0.1, -0.05) is 24.3 Å². The van der Waals surface area contributed by atoms with Gasteiger partial charge in [-0.05, 0) is 26.0 Å². The minimum Gasteiger partial charge on any atom is -0.340 e. The number of carbonyl (C=O) groups is 1. The van der Waals surface area contributed by atoms with Crippen LogP contribution in [0.5, 0.6) is 0 Å². The Balaban J connectivity index is 2.38. The van der Waals surface area contributed by atoms with Crippen LogP contribution in [0.1, 0.15) is 39.8 Å². The van der Waals surface area contributed by atoms with E-state index in [9.17, 15) is 22.2 Å². The van der Waals surface area contributed by atoms with Gasteiger partial charge in [-0.25, -0.2) is 22.4 Å². The van der Waals surface area contributed by atoms with Crippen LogP contribution >= 0.6 is 11.3 Å². The summed E-state index contributed by atoms with van der Waals surface area (Å²) >= 11 is 1.18. The summed E-state index contributed by atoms with van der Waals surface area (Å²) in [5.41, 5.74) is 0.274. The maximum atomic E-state index is 14.5. The molecule has 0 fully saturated rings. The Morgan fingerprint density at radius 1 is 1.44 bits per heavy atom. The number of halogens is 3. The van der Waals surface area contributed by atoms with E-state index < -0.39 is 34.7 Å². The van der Waals surface area contributed by atoms with Crippen LogP contribution in [-0.4, -0.2) is 27.9 Å². The number of anilines is 1. The maximum Gasteiger partial charge on any atom is 0.282 e. The molecule has 1 aromatic heterocycles. The molecule has 0 radical (unpaired) electrons. The van der Waals surface area contributed by atoms with Gasteiger partial charge in [0.25, 0.3) is 12.3 Å². The predicted molar refractivity (Wildman–Crippen MR) is 119 cm³/mol.